The number of piperidine rings is 1. The summed E-state index contributed by atoms with van der Waals surface area (Å²) in [5.74, 6) is 8.34. The van der Waals surface area contributed by atoms with E-state index in [1.165, 1.54) is 6.42 Å². The lowest BCUT2D eigenvalue weighted by Crippen LogP contribution is -2.42. The van der Waals surface area contributed by atoms with Crippen LogP contribution in [0.1, 0.15) is 36.1 Å². The van der Waals surface area contributed by atoms with Gasteiger partial charge in [0.15, 0.2) is 0 Å². The average molecular weight is 507 g/mol. The minimum Gasteiger partial charge on any atom is -0.455 e. The van der Waals surface area contributed by atoms with Crippen LogP contribution in [0.25, 0.3) is 10.9 Å². The Labute approximate surface area is 222 Å². The van der Waals surface area contributed by atoms with Crippen molar-refractivity contribution in [3.8, 4) is 23.3 Å². The van der Waals surface area contributed by atoms with E-state index in [0.29, 0.717) is 18.1 Å². The third kappa shape index (κ3) is 6.19. The second-order valence-electron chi connectivity index (χ2n) is 9.31. The number of carbonyl (C=O) groups excluding carboxylic acids is 1. The number of carbonyl (C=O) groups is 1. The molecule has 192 valence electrons. The van der Waals surface area contributed by atoms with E-state index in [-0.39, 0.29) is 6.03 Å². The molecule has 3 heterocycles. The van der Waals surface area contributed by atoms with Crippen LogP contribution in [0, 0.1) is 25.7 Å². The number of nitrogens with zero attached hydrogens (tertiary/aromatic N) is 4. The van der Waals surface area contributed by atoms with Crippen molar-refractivity contribution in [2.24, 2.45) is 0 Å². The van der Waals surface area contributed by atoms with E-state index >= 15 is 0 Å². The molecule has 1 saturated heterocycles. The number of benzene rings is 2. The second kappa shape index (κ2) is 11.6. The van der Waals surface area contributed by atoms with Gasteiger partial charge in [0.25, 0.3) is 0 Å². The van der Waals surface area contributed by atoms with E-state index in [9.17, 15) is 4.79 Å². The van der Waals surface area contributed by atoms with E-state index in [1.54, 1.807) is 12.5 Å². The van der Waals surface area contributed by atoms with Gasteiger partial charge >= 0.3 is 6.03 Å². The molecule has 5 rings (SSSR count). The van der Waals surface area contributed by atoms with Crippen LogP contribution < -0.4 is 15.4 Å². The maximum absolute atomic E-state index is 12.3. The predicted octanol–water partition coefficient (Wildman–Crippen LogP) is 5.72. The fraction of sp³-hybridized carbons (Fsp3) is 0.267. The van der Waals surface area contributed by atoms with Crippen molar-refractivity contribution in [3.05, 3.63) is 77.9 Å². The quantitative estimate of drug-likeness (QED) is 0.336. The molecular weight excluding hydrogens is 476 g/mol. The van der Waals surface area contributed by atoms with Crippen LogP contribution in [0.4, 0.5) is 16.3 Å². The van der Waals surface area contributed by atoms with Gasteiger partial charge in [-0.2, -0.15) is 0 Å². The number of nitrogens with one attached hydrogen (secondary N) is 2. The summed E-state index contributed by atoms with van der Waals surface area (Å²) in [4.78, 5) is 27.3. The van der Waals surface area contributed by atoms with Gasteiger partial charge in [0, 0.05) is 35.4 Å². The van der Waals surface area contributed by atoms with Gasteiger partial charge in [0.2, 0.25) is 0 Å². The Hall–Kier alpha value is -4.64. The first-order chi connectivity index (χ1) is 18.5. The number of hydrogen-bond acceptors (Lipinski definition) is 6. The number of fused-ring (bicyclic) bond motifs is 1. The summed E-state index contributed by atoms with van der Waals surface area (Å²) in [5, 5.41) is 7.16. The largest absolute Gasteiger partial charge is 0.455 e. The highest BCUT2D eigenvalue weighted by Gasteiger charge is 2.15. The zero-order valence-electron chi connectivity index (χ0n) is 21.6. The number of anilines is 2. The van der Waals surface area contributed by atoms with Crippen molar-refractivity contribution in [2.45, 2.75) is 33.1 Å². The van der Waals surface area contributed by atoms with Crippen LogP contribution in [-0.4, -0.2) is 45.5 Å². The third-order valence-electron chi connectivity index (χ3n) is 6.39. The molecule has 0 bridgehead atoms. The number of rotatable bonds is 5. The smallest absolute Gasteiger partial charge is 0.318 e. The maximum atomic E-state index is 12.3. The summed E-state index contributed by atoms with van der Waals surface area (Å²) in [6.45, 7) is 5.88. The minimum absolute atomic E-state index is 0.0420. The molecule has 0 unspecified atom stereocenters. The molecule has 2 N–H and O–H groups in total. The van der Waals surface area contributed by atoms with Crippen molar-refractivity contribution in [1.82, 2.24) is 25.2 Å². The molecule has 0 atom stereocenters. The molecule has 1 aliphatic heterocycles. The van der Waals surface area contributed by atoms with Gasteiger partial charge in [-0.25, -0.2) is 14.8 Å². The third-order valence-corrected chi connectivity index (χ3v) is 6.39. The maximum Gasteiger partial charge on any atom is 0.318 e. The Morgan fingerprint density at radius 3 is 2.66 bits per heavy atom. The first-order valence-electron chi connectivity index (χ1n) is 12.8. The van der Waals surface area contributed by atoms with Gasteiger partial charge in [-0.3, -0.25) is 4.98 Å². The molecule has 0 spiro atoms. The number of urea groups is 1. The molecular formula is C30H30N6O2. The molecule has 8 nitrogen and oxygen atoms in total. The van der Waals surface area contributed by atoms with Gasteiger partial charge in [-0.15, -0.1) is 0 Å². The number of aromatic nitrogens is 3. The van der Waals surface area contributed by atoms with Crippen molar-refractivity contribution < 1.29 is 9.53 Å². The van der Waals surface area contributed by atoms with E-state index in [4.69, 9.17) is 4.74 Å². The summed E-state index contributed by atoms with van der Waals surface area (Å²) in [6.07, 6.45) is 6.59. The van der Waals surface area contributed by atoms with E-state index in [1.807, 2.05) is 67.3 Å². The van der Waals surface area contributed by atoms with Crippen molar-refractivity contribution in [3.63, 3.8) is 0 Å². The summed E-state index contributed by atoms with van der Waals surface area (Å²) >= 11 is 0. The summed E-state index contributed by atoms with van der Waals surface area (Å²) < 4.78 is 5.99. The normalized spacial score (nSPS) is 12.9. The van der Waals surface area contributed by atoms with Crippen molar-refractivity contribution in [1.29, 1.82) is 0 Å². The number of amides is 2. The molecule has 0 radical (unpaired) electrons. The van der Waals surface area contributed by atoms with Gasteiger partial charge in [0.05, 0.1) is 18.3 Å². The highest BCUT2D eigenvalue weighted by Crippen LogP contribution is 2.29. The number of aryl methyl sites for hydroxylation is 2. The summed E-state index contributed by atoms with van der Waals surface area (Å²) in [6, 6.07) is 15.5. The Morgan fingerprint density at radius 1 is 1.00 bits per heavy atom. The number of hydrogen-bond donors (Lipinski definition) is 2. The van der Waals surface area contributed by atoms with Crippen LogP contribution in [0.5, 0.6) is 11.5 Å². The Bertz CT molecular complexity index is 1500. The van der Waals surface area contributed by atoms with E-state index in [0.717, 1.165) is 65.1 Å². The molecule has 2 amide bonds. The predicted molar refractivity (Wildman–Crippen MR) is 149 cm³/mol. The van der Waals surface area contributed by atoms with Crippen molar-refractivity contribution in [2.75, 3.05) is 25.0 Å². The number of ether oxygens (including phenoxy) is 1. The lowest BCUT2D eigenvalue weighted by molar-refractivity contribution is 0.188. The molecule has 2 aromatic carbocycles. The van der Waals surface area contributed by atoms with Gasteiger partial charge in [-0.05, 0) is 87.2 Å². The van der Waals surface area contributed by atoms with E-state index in [2.05, 4.69) is 37.4 Å². The molecule has 1 fully saturated rings. The average Bonchev–Trinajstić information content (AvgIpc) is 2.94. The van der Waals surface area contributed by atoms with Crippen molar-refractivity contribution >= 4 is 28.4 Å². The SMILES string of the molecule is Cc1ccc(Oc2ccc(Nc3ncnc4ccc(C#CCNC(=O)N5CCCCC5)cc34)cc2C)cn1. The van der Waals surface area contributed by atoms with E-state index < -0.39 is 0 Å². The number of pyridine rings is 1. The topological polar surface area (TPSA) is 92.3 Å². The highest BCUT2D eigenvalue weighted by molar-refractivity contribution is 5.91. The first-order valence-corrected chi connectivity index (χ1v) is 12.8. The number of likely N-dealkylation sites (tertiary alicyclic amines) is 1. The summed E-state index contributed by atoms with van der Waals surface area (Å²) in [5.41, 5.74) is 4.45. The fourth-order valence-electron chi connectivity index (χ4n) is 4.33. The minimum atomic E-state index is -0.0420. The lowest BCUT2D eigenvalue weighted by Gasteiger charge is -2.26. The van der Waals surface area contributed by atoms with Gasteiger partial charge < -0.3 is 20.3 Å². The zero-order chi connectivity index (χ0) is 26.3. The highest BCUT2D eigenvalue weighted by atomic mass is 16.5. The Morgan fingerprint density at radius 2 is 1.87 bits per heavy atom. The molecule has 4 aromatic rings. The van der Waals surface area contributed by atoms with Crippen LogP contribution in [0.15, 0.2) is 61.1 Å². The molecule has 1 aliphatic rings. The fourth-order valence-corrected chi connectivity index (χ4v) is 4.33. The zero-order valence-corrected chi connectivity index (χ0v) is 21.6. The van der Waals surface area contributed by atoms with Gasteiger partial charge in [-0.1, -0.05) is 11.8 Å². The Balaban J connectivity index is 1.27. The monoisotopic (exact) mass is 506 g/mol. The van der Waals surface area contributed by atoms with Crippen LogP contribution in [0.2, 0.25) is 0 Å². The molecule has 0 aliphatic carbocycles. The van der Waals surface area contributed by atoms with Crippen LogP contribution in [0.3, 0.4) is 0 Å². The van der Waals surface area contributed by atoms with Gasteiger partial charge in [0.1, 0.15) is 23.6 Å². The van der Waals surface area contributed by atoms with Crippen LogP contribution >= 0.6 is 0 Å². The second-order valence-corrected chi connectivity index (χ2v) is 9.31. The molecule has 8 heteroatoms. The first kappa shape index (κ1) is 25.0. The molecule has 2 aromatic heterocycles. The molecule has 38 heavy (non-hydrogen) atoms. The van der Waals surface area contributed by atoms with Crippen LogP contribution in [-0.2, 0) is 0 Å². The lowest BCUT2D eigenvalue weighted by atomic mass is 10.1. The standard InChI is InChI=1S/C30H30N6O2/c1-21-17-24(10-13-28(21)38-25-11-8-22(2)32-19-25)35-29-26-18-23(9-12-27(26)33-20-34-29)7-6-14-31-30(37)36-15-4-3-5-16-36/h8-13,17-20H,3-5,14-16H2,1-2H3,(H,31,37)(H,33,34,35). The Kier molecular flexibility index (Phi) is 7.65. The summed E-state index contributed by atoms with van der Waals surface area (Å²) in [7, 11) is 0. The molecule has 0 saturated carbocycles.